The van der Waals surface area contributed by atoms with Gasteiger partial charge >= 0.3 is 0 Å². The minimum Gasteiger partial charge on any atom is -0.394 e. The van der Waals surface area contributed by atoms with Crippen LogP contribution in [0, 0.1) is 0 Å². The number of nitrogens with one attached hydrogen (secondary N) is 2. The Kier molecular flexibility index (Phi) is 7.85. The Morgan fingerprint density at radius 1 is 1.32 bits per heavy atom. The first-order valence-electron chi connectivity index (χ1n) is 6.36. The predicted octanol–water partition coefficient (Wildman–Crippen LogP) is -2.34. The zero-order chi connectivity index (χ0) is 16.4. The number of aromatic amines is 1. The highest BCUT2D eigenvalue weighted by molar-refractivity contribution is 5.81. The first-order valence-corrected chi connectivity index (χ1v) is 6.36. The summed E-state index contributed by atoms with van der Waals surface area (Å²) < 4.78 is 10.0. The summed E-state index contributed by atoms with van der Waals surface area (Å²) in [5.41, 5.74) is 4.72. The lowest BCUT2D eigenvalue weighted by Gasteiger charge is -2.19. The van der Waals surface area contributed by atoms with Crippen LogP contribution in [0.4, 0.5) is 17.5 Å². The molecule has 0 aliphatic carbocycles. The fraction of sp³-hybridized carbons (Fsp3) is 0.545. The summed E-state index contributed by atoms with van der Waals surface area (Å²) in [6.07, 6.45) is 0.388. The third-order valence-electron chi connectivity index (χ3n) is 2.37. The second-order valence-electron chi connectivity index (χ2n) is 3.94. The summed E-state index contributed by atoms with van der Waals surface area (Å²) in [6, 6.07) is 0. The molecule has 0 saturated heterocycles. The second-order valence-corrected chi connectivity index (χ2v) is 3.94. The smallest absolute Gasteiger partial charge is 0.278 e. The van der Waals surface area contributed by atoms with Gasteiger partial charge in [0.15, 0.2) is 11.5 Å². The van der Waals surface area contributed by atoms with E-state index in [1.165, 1.54) is 0 Å². The lowest BCUT2D eigenvalue weighted by atomic mass is 10.4. The number of carbonyl (C=O) groups excluding carboxylic acids is 1. The molecule has 11 nitrogen and oxygen atoms in total. The minimum atomic E-state index is -0.642. The van der Waals surface area contributed by atoms with Gasteiger partial charge in [-0.05, 0) is 0 Å². The summed E-state index contributed by atoms with van der Waals surface area (Å²) in [6.45, 7) is -0.568. The van der Waals surface area contributed by atoms with Crippen molar-refractivity contribution < 1.29 is 24.5 Å². The Morgan fingerprint density at radius 2 is 2.00 bits per heavy atom. The Hall–Kier alpha value is -2.21. The van der Waals surface area contributed by atoms with Crippen molar-refractivity contribution in [3.8, 4) is 0 Å². The molecular formula is C11H19N5O6. The normalized spacial score (nSPS) is 10.5. The molecule has 0 radical (unpaired) electrons. The zero-order valence-electron chi connectivity index (χ0n) is 11.8. The Bertz CT molecular complexity index is 522. The van der Waals surface area contributed by atoms with Crippen LogP contribution in [0.15, 0.2) is 4.79 Å². The van der Waals surface area contributed by atoms with E-state index in [1.807, 2.05) is 0 Å². The van der Waals surface area contributed by atoms with Crippen LogP contribution >= 0.6 is 0 Å². The van der Waals surface area contributed by atoms with E-state index in [4.69, 9.17) is 25.4 Å². The lowest BCUT2D eigenvalue weighted by molar-refractivity contribution is -0.108. The van der Waals surface area contributed by atoms with Crippen LogP contribution in [0.1, 0.15) is 0 Å². The van der Waals surface area contributed by atoms with Crippen molar-refractivity contribution in [1.29, 1.82) is 0 Å². The standard InChI is InChI=1S/C11H19N5O6/c12-11-14-9(13-5-21-3-1-17)8(10(20)15-11)16(6-19)7-22-4-2-18/h6,17-18H,1-5,7H2,(H4,12,13,14,15,20). The fourth-order valence-electron chi connectivity index (χ4n) is 1.51. The number of aliphatic hydroxyl groups excluding tert-OH is 2. The van der Waals surface area contributed by atoms with Gasteiger partial charge in [0.2, 0.25) is 12.4 Å². The van der Waals surface area contributed by atoms with Gasteiger partial charge in [-0.1, -0.05) is 0 Å². The number of anilines is 3. The molecule has 0 unspecified atom stereocenters. The summed E-state index contributed by atoms with van der Waals surface area (Å²) in [4.78, 5) is 30.3. The van der Waals surface area contributed by atoms with Crippen LogP contribution < -0.4 is 21.5 Å². The Morgan fingerprint density at radius 3 is 2.64 bits per heavy atom. The molecular weight excluding hydrogens is 298 g/mol. The molecule has 1 heterocycles. The van der Waals surface area contributed by atoms with Crippen molar-refractivity contribution in [2.75, 3.05) is 55.8 Å². The van der Waals surface area contributed by atoms with Gasteiger partial charge in [0.25, 0.3) is 5.56 Å². The molecule has 0 bridgehead atoms. The maximum Gasteiger partial charge on any atom is 0.278 e. The van der Waals surface area contributed by atoms with E-state index in [2.05, 4.69) is 15.3 Å². The molecule has 0 atom stereocenters. The molecule has 6 N–H and O–H groups in total. The molecule has 1 amide bonds. The second kappa shape index (κ2) is 9.68. The van der Waals surface area contributed by atoms with Gasteiger partial charge in [-0.15, -0.1) is 0 Å². The molecule has 0 saturated carbocycles. The van der Waals surface area contributed by atoms with E-state index in [0.29, 0.717) is 6.41 Å². The average Bonchev–Trinajstić information content (AvgIpc) is 2.49. The van der Waals surface area contributed by atoms with Crippen LogP contribution in [-0.4, -0.2) is 66.5 Å². The third-order valence-corrected chi connectivity index (χ3v) is 2.37. The zero-order valence-corrected chi connectivity index (χ0v) is 11.8. The number of carbonyl (C=O) groups is 1. The Labute approximate surface area is 125 Å². The highest BCUT2D eigenvalue weighted by Gasteiger charge is 2.17. The van der Waals surface area contributed by atoms with Crippen LogP contribution in [0.2, 0.25) is 0 Å². The summed E-state index contributed by atoms with van der Waals surface area (Å²) >= 11 is 0. The summed E-state index contributed by atoms with van der Waals surface area (Å²) in [5.74, 6) is -0.112. The Balaban J connectivity index is 2.93. The predicted molar refractivity (Wildman–Crippen MR) is 77.2 cm³/mol. The summed E-state index contributed by atoms with van der Waals surface area (Å²) in [5, 5.41) is 20.0. The molecule has 11 heteroatoms. The van der Waals surface area contributed by atoms with Crippen molar-refractivity contribution in [1.82, 2.24) is 9.97 Å². The molecule has 0 aliphatic heterocycles. The van der Waals surface area contributed by atoms with E-state index in [0.717, 1.165) is 4.90 Å². The van der Waals surface area contributed by atoms with E-state index in [1.54, 1.807) is 0 Å². The van der Waals surface area contributed by atoms with Gasteiger partial charge in [-0.3, -0.25) is 19.5 Å². The quantitative estimate of drug-likeness (QED) is 0.171. The van der Waals surface area contributed by atoms with E-state index in [9.17, 15) is 9.59 Å². The van der Waals surface area contributed by atoms with Crippen molar-refractivity contribution in [3.63, 3.8) is 0 Å². The number of amides is 1. The topological polar surface area (TPSA) is 163 Å². The molecule has 0 spiro atoms. The van der Waals surface area contributed by atoms with Gasteiger partial charge in [-0.2, -0.15) is 4.98 Å². The van der Waals surface area contributed by atoms with Gasteiger partial charge in [0.1, 0.15) is 13.5 Å². The van der Waals surface area contributed by atoms with Crippen molar-refractivity contribution >= 4 is 23.9 Å². The van der Waals surface area contributed by atoms with Gasteiger partial charge in [0.05, 0.1) is 26.4 Å². The number of nitrogen functional groups attached to an aromatic ring is 1. The first kappa shape index (κ1) is 17.8. The van der Waals surface area contributed by atoms with E-state index >= 15 is 0 Å². The lowest BCUT2D eigenvalue weighted by Crippen LogP contribution is -2.33. The maximum absolute atomic E-state index is 12.0. The highest BCUT2D eigenvalue weighted by Crippen LogP contribution is 2.18. The number of hydrogen-bond acceptors (Lipinski definition) is 9. The summed E-state index contributed by atoms with van der Waals surface area (Å²) in [7, 11) is 0. The first-order chi connectivity index (χ1) is 10.6. The monoisotopic (exact) mass is 317 g/mol. The maximum atomic E-state index is 12.0. The molecule has 1 aromatic heterocycles. The van der Waals surface area contributed by atoms with Crippen LogP contribution in [0.25, 0.3) is 0 Å². The molecule has 22 heavy (non-hydrogen) atoms. The van der Waals surface area contributed by atoms with Crippen molar-refractivity contribution in [2.45, 2.75) is 0 Å². The van der Waals surface area contributed by atoms with E-state index in [-0.39, 0.29) is 57.3 Å². The molecule has 0 aromatic carbocycles. The number of H-pyrrole nitrogens is 1. The largest absolute Gasteiger partial charge is 0.394 e. The number of aromatic nitrogens is 2. The number of aliphatic hydroxyl groups is 2. The SMILES string of the molecule is Nc1nc(NCOCCO)c(N(C=O)COCCO)c(=O)[nH]1. The molecule has 0 aliphatic rings. The van der Waals surface area contributed by atoms with Crippen LogP contribution in [-0.2, 0) is 14.3 Å². The average molecular weight is 317 g/mol. The highest BCUT2D eigenvalue weighted by atomic mass is 16.5. The molecule has 0 fully saturated rings. The minimum absolute atomic E-state index is 0.00696. The van der Waals surface area contributed by atoms with Gasteiger partial charge in [0, 0.05) is 0 Å². The number of nitrogens with zero attached hydrogens (tertiary/aromatic N) is 2. The molecule has 124 valence electrons. The van der Waals surface area contributed by atoms with Crippen LogP contribution in [0.3, 0.4) is 0 Å². The van der Waals surface area contributed by atoms with E-state index < -0.39 is 5.56 Å². The fourth-order valence-corrected chi connectivity index (χ4v) is 1.51. The van der Waals surface area contributed by atoms with Crippen molar-refractivity contribution in [3.05, 3.63) is 10.4 Å². The number of hydrogen-bond donors (Lipinski definition) is 5. The number of ether oxygens (including phenoxy) is 2. The number of rotatable bonds is 11. The van der Waals surface area contributed by atoms with Gasteiger partial charge in [-0.25, -0.2) is 0 Å². The number of nitrogens with two attached hydrogens (primary N) is 1. The van der Waals surface area contributed by atoms with Crippen LogP contribution in [0.5, 0.6) is 0 Å². The third kappa shape index (κ3) is 5.29. The van der Waals surface area contributed by atoms with Gasteiger partial charge < -0.3 is 30.7 Å². The van der Waals surface area contributed by atoms with Crippen molar-refractivity contribution in [2.24, 2.45) is 0 Å². The molecule has 1 aromatic rings. The molecule has 1 rings (SSSR count).